The molecule has 152 valence electrons. The van der Waals surface area contributed by atoms with E-state index in [9.17, 15) is 14.4 Å². The van der Waals surface area contributed by atoms with Crippen LogP contribution in [-0.2, 0) is 14.4 Å². The number of carbonyl (C=O) groups excluding carboxylic acids is 3. The molecule has 0 radical (unpaired) electrons. The van der Waals surface area contributed by atoms with Crippen molar-refractivity contribution in [2.45, 2.75) is 6.92 Å². The average Bonchev–Trinajstić information content (AvgIpc) is 2.69. The lowest BCUT2D eigenvalue weighted by molar-refractivity contribution is -0.139. The van der Waals surface area contributed by atoms with Gasteiger partial charge in [-0.2, -0.15) is 5.10 Å². The fourth-order valence-corrected chi connectivity index (χ4v) is 2.66. The van der Waals surface area contributed by atoms with E-state index in [1.807, 2.05) is 0 Å². The summed E-state index contributed by atoms with van der Waals surface area (Å²) in [5, 5.41) is 9.18. The van der Waals surface area contributed by atoms with Gasteiger partial charge in [0.25, 0.3) is 5.91 Å². The van der Waals surface area contributed by atoms with Crippen LogP contribution in [0, 0.1) is 0 Å². The van der Waals surface area contributed by atoms with Gasteiger partial charge in [-0.1, -0.05) is 39.7 Å². The zero-order chi connectivity index (χ0) is 21.2. The van der Waals surface area contributed by atoms with Crippen molar-refractivity contribution in [2.75, 3.05) is 18.5 Å². The summed E-state index contributed by atoms with van der Waals surface area (Å²) >= 11 is 9.34. The van der Waals surface area contributed by atoms with E-state index in [1.54, 1.807) is 49.4 Å². The normalized spacial score (nSPS) is 10.4. The first-order valence-electron chi connectivity index (χ1n) is 8.48. The number of carbonyl (C=O) groups is 3. The summed E-state index contributed by atoms with van der Waals surface area (Å²) in [4.78, 5) is 35.0. The lowest BCUT2D eigenvalue weighted by Crippen LogP contribution is -2.37. The number of likely N-dealkylation sites (N-methyl/N-ethyl adjacent to an activating group) is 1. The first-order valence-corrected chi connectivity index (χ1v) is 9.65. The van der Waals surface area contributed by atoms with Crippen LogP contribution < -0.4 is 20.8 Å². The minimum atomic E-state index is -0.889. The molecule has 2 aromatic rings. The Morgan fingerprint density at radius 1 is 1.17 bits per heavy atom. The molecule has 10 heteroatoms. The number of halogens is 2. The topological polar surface area (TPSA) is 109 Å². The minimum absolute atomic E-state index is 0.265. The Kier molecular flexibility index (Phi) is 8.63. The summed E-state index contributed by atoms with van der Waals surface area (Å²) < 4.78 is 6.29. The Balaban J connectivity index is 1.99. The average molecular weight is 482 g/mol. The van der Waals surface area contributed by atoms with Crippen molar-refractivity contribution in [3.8, 4) is 5.75 Å². The number of hydrogen-bond acceptors (Lipinski definition) is 5. The van der Waals surface area contributed by atoms with Crippen molar-refractivity contribution in [3.05, 3.63) is 57.5 Å². The van der Waals surface area contributed by atoms with Gasteiger partial charge in [0.05, 0.1) is 16.9 Å². The van der Waals surface area contributed by atoms with Crippen molar-refractivity contribution in [1.29, 1.82) is 0 Å². The maximum Gasteiger partial charge on any atom is 0.329 e. The van der Waals surface area contributed by atoms with Gasteiger partial charge >= 0.3 is 11.8 Å². The second-order valence-corrected chi connectivity index (χ2v) is 6.88. The highest BCUT2D eigenvalue weighted by Gasteiger charge is 2.11. The van der Waals surface area contributed by atoms with Gasteiger partial charge in [-0.15, -0.1) is 0 Å². The molecule has 3 N–H and O–H groups in total. The second kappa shape index (κ2) is 11.2. The van der Waals surface area contributed by atoms with Crippen LogP contribution in [0.5, 0.6) is 5.75 Å². The molecule has 0 bridgehead atoms. The molecule has 0 atom stereocenters. The van der Waals surface area contributed by atoms with E-state index in [-0.39, 0.29) is 6.61 Å². The molecule has 0 spiro atoms. The van der Waals surface area contributed by atoms with Crippen LogP contribution in [0.2, 0.25) is 5.02 Å². The summed E-state index contributed by atoms with van der Waals surface area (Å²) in [7, 11) is 0. The van der Waals surface area contributed by atoms with Gasteiger partial charge in [-0.3, -0.25) is 14.4 Å². The molecule has 29 heavy (non-hydrogen) atoms. The van der Waals surface area contributed by atoms with Gasteiger partial charge in [0.1, 0.15) is 5.75 Å². The first kappa shape index (κ1) is 22.4. The predicted octanol–water partition coefficient (Wildman–Crippen LogP) is 2.71. The maximum atomic E-state index is 12.1. The number of hydrogen-bond donors (Lipinski definition) is 3. The number of ether oxygens (including phenoxy) is 1. The number of anilines is 1. The number of rotatable bonds is 7. The molecule has 0 heterocycles. The standard InChI is InChI=1S/C19H18BrClN4O4/c1-2-22-18(27)19(28)25-23-10-12-9-13(20)7-8-16(12)29-11-17(26)24-15-6-4-3-5-14(15)21/h3-10H,2,11H2,1H3,(H,22,27)(H,24,26)(H,25,28)/b23-10-. The molecule has 3 amide bonds. The molecule has 0 aliphatic carbocycles. The van der Waals surface area contributed by atoms with Crippen molar-refractivity contribution < 1.29 is 19.1 Å². The molecule has 0 aliphatic heterocycles. The Bertz CT molecular complexity index is 936. The third kappa shape index (κ3) is 7.20. The summed E-state index contributed by atoms with van der Waals surface area (Å²) in [6, 6.07) is 11.9. The fraction of sp³-hybridized carbons (Fsp3) is 0.158. The van der Waals surface area contributed by atoms with Gasteiger partial charge in [0, 0.05) is 16.6 Å². The van der Waals surface area contributed by atoms with E-state index < -0.39 is 17.7 Å². The van der Waals surface area contributed by atoms with E-state index in [2.05, 4.69) is 37.1 Å². The molecule has 8 nitrogen and oxygen atoms in total. The highest BCUT2D eigenvalue weighted by molar-refractivity contribution is 9.10. The highest BCUT2D eigenvalue weighted by atomic mass is 79.9. The summed E-state index contributed by atoms with van der Waals surface area (Å²) in [5.41, 5.74) is 3.09. The van der Waals surface area contributed by atoms with Gasteiger partial charge in [0.15, 0.2) is 6.61 Å². The number of nitrogens with zero attached hydrogens (tertiary/aromatic N) is 1. The lowest BCUT2D eigenvalue weighted by atomic mass is 10.2. The molecule has 2 aromatic carbocycles. The van der Waals surface area contributed by atoms with Gasteiger partial charge in [0.2, 0.25) is 0 Å². The third-order valence-corrected chi connectivity index (χ3v) is 4.21. The zero-order valence-corrected chi connectivity index (χ0v) is 17.7. The smallest absolute Gasteiger partial charge is 0.329 e. The Labute approximate surface area is 180 Å². The summed E-state index contributed by atoms with van der Waals surface area (Å²) in [5.74, 6) is -1.71. The molecule has 2 rings (SSSR count). The number of hydrazone groups is 1. The molecule has 0 fully saturated rings. The van der Waals surface area contributed by atoms with Crippen LogP contribution in [0.4, 0.5) is 5.69 Å². The Hall–Kier alpha value is -2.91. The monoisotopic (exact) mass is 480 g/mol. The van der Waals surface area contributed by atoms with E-state index in [0.29, 0.717) is 28.6 Å². The van der Waals surface area contributed by atoms with Gasteiger partial charge in [-0.05, 0) is 37.3 Å². The number of amides is 3. The van der Waals surface area contributed by atoms with Crippen molar-refractivity contribution in [2.24, 2.45) is 5.10 Å². The number of benzene rings is 2. The van der Waals surface area contributed by atoms with Crippen molar-refractivity contribution in [1.82, 2.24) is 10.7 Å². The first-order chi connectivity index (χ1) is 13.9. The SMILES string of the molecule is CCNC(=O)C(=O)N/N=C\c1cc(Br)ccc1OCC(=O)Nc1ccccc1Cl. The predicted molar refractivity (Wildman–Crippen MR) is 114 cm³/mol. The molecule has 0 saturated heterocycles. The van der Waals surface area contributed by atoms with E-state index in [4.69, 9.17) is 16.3 Å². The van der Waals surface area contributed by atoms with E-state index in [0.717, 1.165) is 4.47 Å². The van der Waals surface area contributed by atoms with E-state index in [1.165, 1.54) is 6.21 Å². The molecular weight excluding hydrogens is 464 g/mol. The van der Waals surface area contributed by atoms with Gasteiger partial charge < -0.3 is 15.4 Å². The third-order valence-electron chi connectivity index (χ3n) is 3.39. The number of para-hydroxylation sites is 1. The van der Waals surface area contributed by atoms with Gasteiger partial charge in [-0.25, -0.2) is 5.43 Å². The van der Waals surface area contributed by atoms with Crippen LogP contribution >= 0.6 is 27.5 Å². The maximum absolute atomic E-state index is 12.1. The summed E-state index contributed by atoms with van der Waals surface area (Å²) in [6.45, 7) is 1.76. The lowest BCUT2D eigenvalue weighted by Gasteiger charge is -2.11. The van der Waals surface area contributed by atoms with Crippen molar-refractivity contribution >= 4 is 57.2 Å². The minimum Gasteiger partial charge on any atom is -0.483 e. The molecule has 0 unspecified atom stereocenters. The summed E-state index contributed by atoms with van der Waals surface area (Å²) in [6.07, 6.45) is 1.31. The largest absolute Gasteiger partial charge is 0.483 e. The highest BCUT2D eigenvalue weighted by Crippen LogP contribution is 2.23. The van der Waals surface area contributed by atoms with Crippen molar-refractivity contribution in [3.63, 3.8) is 0 Å². The quantitative estimate of drug-likeness (QED) is 0.321. The van der Waals surface area contributed by atoms with E-state index >= 15 is 0 Å². The van der Waals surface area contributed by atoms with Crippen LogP contribution in [0.25, 0.3) is 0 Å². The Morgan fingerprint density at radius 2 is 1.93 bits per heavy atom. The Morgan fingerprint density at radius 3 is 2.66 bits per heavy atom. The number of nitrogens with one attached hydrogen (secondary N) is 3. The van der Waals surface area contributed by atoms with Crippen LogP contribution in [-0.4, -0.2) is 37.1 Å². The van der Waals surface area contributed by atoms with Crippen LogP contribution in [0.15, 0.2) is 52.0 Å². The molecule has 0 aromatic heterocycles. The zero-order valence-electron chi connectivity index (χ0n) is 15.4. The van der Waals surface area contributed by atoms with Crippen LogP contribution in [0.1, 0.15) is 12.5 Å². The molecule has 0 saturated carbocycles. The molecular formula is C19H18BrClN4O4. The second-order valence-electron chi connectivity index (χ2n) is 5.56. The van der Waals surface area contributed by atoms with Crippen LogP contribution in [0.3, 0.4) is 0 Å². The fourth-order valence-electron chi connectivity index (χ4n) is 2.10. The molecule has 0 aliphatic rings.